The SMILES string of the molecule is CCS(=O)C1OC(=O)C=C1C. The molecule has 11 heavy (non-hydrogen) atoms. The predicted molar refractivity (Wildman–Crippen MR) is 42.3 cm³/mol. The van der Waals surface area contributed by atoms with Crippen LogP contribution in [0.4, 0.5) is 0 Å². The van der Waals surface area contributed by atoms with Crippen LogP contribution >= 0.6 is 0 Å². The fourth-order valence-electron chi connectivity index (χ4n) is 0.899. The van der Waals surface area contributed by atoms with Crippen LogP contribution < -0.4 is 0 Å². The smallest absolute Gasteiger partial charge is 0.332 e. The van der Waals surface area contributed by atoms with E-state index in [0.717, 1.165) is 5.57 Å². The third kappa shape index (κ3) is 1.68. The summed E-state index contributed by atoms with van der Waals surface area (Å²) in [6.07, 6.45) is 1.39. The highest BCUT2D eigenvalue weighted by molar-refractivity contribution is 7.85. The Hall–Kier alpha value is -0.640. The molecule has 0 saturated heterocycles. The molecule has 0 aromatic heterocycles. The lowest BCUT2D eigenvalue weighted by atomic mass is 10.3. The first kappa shape index (κ1) is 8.46. The van der Waals surface area contributed by atoms with E-state index in [2.05, 4.69) is 0 Å². The van der Waals surface area contributed by atoms with Gasteiger partial charge in [0.25, 0.3) is 0 Å². The lowest BCUT2D eigenvalue weighted by Crippen LogP contribution is -2.18. The second-order valence-electron chi connectivity index (χ2n) is 2.33. The summed E-state index contributed by atoms with van der Waals surface area (Å²) < 4.78 is 16.0. The van der Waals surface area contributed by atoms with Gasteiger partial charge in [-0.3, -0.25) is 4.21 Å². The Morgan fingerprint density at radius 2 is 2.36 bits per heavy atom. The highest BCUT2D eigenvalue weighted by atomic mass is 32.2. The van der Waals surface area contributed by atoms with E-state index in [1.54, 1.807) is 13.8 Å². The van der Waals surface area contributed by atoms with Gasteiger partial charge in [-0.2, -0.15) is 0 Å². The minimum Gasteiger partial charge on any atom is -0.441 e. The van der Waals surface area contributed by atoms with Crippen molar-refractivity contribution in [3.8, 4) is 0 Å². The Bertz CT molecular complexity index is 232. The summed E-state index contributed by atoms with van der Waals surface area (Å²) in [7, 11) is -1.06. The quantitative estimate of drug-likeness (QED) is 0.575. The molecule has 1 rings (SSSR count). The van der Waals surface area contributed by atoms with Crippen molar-refractivity contribution in [3.63, 3.8) is 0 Å². The number of hydrogen-bond acceptors (Lipinski definition) is 3. The van der Waals surface area contributed by atoms with E-state index in [0.29, 0.717) is 5.75 Å². The molecule has 0 aromatic carbocycles. The average Bonchev–Trinajstić information content (AvgIpc) is 2.28. The van der Waals surface area contributed by atoms with E-state index in [4.69, 9.17) is 4.74 Å². The average molecular weight is 174 g/mol. The molecule has 0 aromatic rings. The zero-order chi connectivity index (χ0) is 8.43. The van der Waals surface area contributed by atoms with Crippen molar-refractivity contribution in [2.24, 2.45) is 0 Å². The number of carbonyl (C=O) groups is 1. The molecule has 4 heteroatoms. The van der Waals surface area contributed by atoms with Crippen molar-refractivity contribution in [1.82, 2.24) is 0 Å². The normalized spacial score (nSPS) is 26.2. The third-order valence-electron chi connectivity index (χ3n) is 1.46. The molecule has 0 fully saturated rings. The minimum atomic E-state index is -1.06. The standard InChI is InChI=1S/C7H10O3S/c1-3-11(9)7-5(2)4-6(8)10-7/h4,7H,3H2,1-2H3. The fourth-order valence-corrected chi connectivity index (χ4v) is 1.89. The van der Waals surface area contributed by atoms with Crippen molar-refractivity contribution in [2.45, 2.75) is 19.3 Å². The van der Waals surface area contributed by atoms with Gasteiger partial charge in [-0.1, -0.05) is 6.92 Å². The van der Waals surface area contributed by atoms with E-state index in [1.807, 2.05) is 0 Å². The van der Waals surface area contributed by atoms with Gasteiger partial charge >= 0.3 is 5.97 Å². The van der Waals surface area contributed by atoms with Gasteiger partial charge < -0.3 is 4.74 Å². The van der Waals surface area contributed by atoms with Gasteiger partial charge in [0.1, 0.15) is 0 Å². The minimum absolute atomic E-state index is 0.380. The van der Waals surface area contributed by atoms with E-state index in [9.17, 15) is 9.00 Å². The molecular formula is C7H10O3S. The van der Waals surface area contributed by atoms with Crippen molar-refractivity contribution >= 4 is 16.8 Å². The maximum atomic E-state index is 11.2. The van der Waals surface area contributed by atoms with Crippen LogP contribution in [0.15, 0.2) is 11.6 Å². The Morgan fingerprint density at radius 3 is 2.73 bits per heavy atom. The number of carbonyl (C=O) groups excluding carboxylic acids is 1. The molecule has 0 radical (unpaired) electrons. The highest BCUT2D eigenvalue weighted by Crippen LogP contribution is 2.17. The van der Waals surface area contributed by atoms with E-state index in [-0.39, 0.29) is 5.97 Å². The molecular weight excluding hydrogens is 164 g/mol. The van der Waals surface area contributed by atoms with E-state index < -0.39 is 16.2 Å². The van der Waals surface area contributed by atoms with Gasteiger partial charge in [-0.05, 0) is 12.5 Å². The monoisotopic (exact) mass is 174 g/mol. The Kier molecular flexibility index (Phi) is 2.44. The second kappa shape index (κ2) is 3.17. The Labute approximate surface area is 67.9 Å². The van der Waals surface area contributed by atoms with Gasteiger partial charge in [0, 0.05) is 11.8 Å². The summed E-state index contributed by atoms with van der Waals surface area (Å²) in [5, 5.41) is 0. The van der Waals surface area contributed by atoms with E-state index >= 15 is 0 Å². The molecule has 1 heterocycles. The molecule has 0 bridgehead atoms. The zero-order valence-electron chi connectivity index (χ0n) is 6.49. The number of cyclic esters (lactones) is 1. The maximum absolute atomic E-state index is 11.2. The van der Waals surface area contributed by atoms with Crippen molar-refractivity contribution in [1.29, 1.82) is 0 Å². The van der Waals surface area contributed by atoms with Gasteiger partial charge in [0.2, 0.25) is 0 Å². The lowest BCUT2D eigenvalue weighted by molar-refractivity contribution is -0.136. The summed E-state index contributed by atoms with van der Waals surface area (Å²) in [6.45, 7) is 3.55. The molecule has 0 saturated carbocycles. The molecule has 2 unspecified atom stereocenters. The van der Waals surface area contributed by atoms with Gasteiger partial charge in [-0.25, -0.2) is 4.79 Å². The highest BCUT2D eigenvalue weighted by Gasteiger charge is 2.27. The summed E-state index contributed by atoms with van der Waals surface area (Å²) in [6, 6.07) is 0. The zero-order valence-corrected chi connectivity index (χ0v) is 7.31. The molecule has 62 valence electrons. The predicted octanol–water partition coefficient (Wildman–Crippen LogP) is 0.584. The van der Waals surface area contributed by atoms with Gasteiger partial charge in [0.05, 0.1) is 10.8 Å². The number of esters is 1. The molecule has 0 N–H and O–H groups in total. The van der Waals surface area contributed by atoms with Crippen LogP contribution in [0.2, 0.25) is 0 Å². The Balaban J connectivity index is 2.71. The van der Waals surface area contributed by atoms with Crippen LogP contribution in [0.3, 0.4) is 0 Å². The lowest BCUT2D eigenvalue weighted by Gasteiger charge is -2.08. The van der Waals surface area contributed by atoms with Crippen molar-refractivity contribution in [2.75, 3.05) is 5.75 Å². The molecule has 0 amide bonds. The second-order valence-corrected chi connectivity index (χ2v) is 4.09. The number of hydrogen-bond donors (Lipinski definition) is 0. The maximum Gasteiger partial charge on any atom is 0.332 e. The van der Waals surface area contributed by atoms with Crippen LogP contribution in [0.1, 0.15) is 13.8 Å². The molecule has 1 aliphatic heterocycles. The van der Waals surface area contributed by atoms with Gasteiger partial charge in [0.15, 0.2) is 5.44 Å². The first-order chi connectivity index (χ1) is 5.15. The van der Waals surface area contributed by atoms with Crippen molar-refractivity contribution in [3.05, 3.63) is 11.6 Å². The first-order valence-electron chi connectivity index (χ1n) is 3.41. The fraction of sp³-hybridized carbons (Fsp3) is 0.571. The van der Waals surface area contributed by atoms with Crippen LogP contribution in [0.25, 0.3) is 0 Å². The van der Waals surface area contributed by atoms with E-state index in [1.165, 1.54) is 6.08 Å². The van der Waals surface area contributed by atoms with Crippen LogP contribution in [0.5, 0.6) is 0 Å². The molecule has 0 spiro atoms. The summed E-state index contributed by atoms with van der Waals surface area (Å²) in [5.41, 5.74) is 0.266. The molecule has 0 aliphatic carbocycles. The van der Waals surface area contributed by atoms with Crippen LogP contribution in [0, 0.1) is 0 Å². The van der Waals surface area contributed by atoms with Crippen molar-refractivity contribution < 1.29 is 13.7 Å². The number of ether oxygens (including phenoxy) is 1. The molecule has 3 nitrogen and oxygen atoms in total. The van der Waals surface area contributed by atoms with Crippen LogP contribution in [-0.2, 0) is 20.3 Å². The number of rotatable bonds is 2. The molecule has 2 atom stereocenters. The largest absolute Gasteiger partial charge is 0.441 e. The summed E-state index contributed by atoms with van der Waals surface area (Å²) >= 11 is 0. The summed E-state index contributed by atoms with van der Waals surface area (Å²) in [4.78, 5) is 10.7. The first-order valence-corrected chi connectivity index (χ1v) is 4.79. The third-order valence-corrected chi connectivity index (χ3v) is 2.98. The Morgan fingerprint density at radius 1 is 1.73 bits per heavy atom. The van der Waals surface area contributed by atoms with Gasteiger partial charge in [-0.15, -0.1) is 0 Å². The molecule has 1 aliphatic rings. The topological polar surface area (TPSA) is 43.4 Å². The van der Waals surface area contributed by atoms with Crippen LogP contribution in [-0.4, -0.2) is 21.4 Å². The summed E-state index contributed by atoms with van der Waals surface area (Å²) in [5.74, 6) is 0.137.